The van der Waals surface area contributed by atoms with Crippen molar-refractivity contribution in [2.45, 2.75) is 6.42 Å². The summed E-state index contributed by atoms with van der Waals surface area (Å²) < 4.78 is 5.30. The number of fused-ring (bicyclic) bond motifs is 3. The number of pyridine rings is 1. The number of carbonyl (C=O) groups is 1. The maximum Gasteiger partial charge on any atom is 0.307 e. The number of aromatic nitrogens is 3. The van der Waals surface area contributed by atoms with Gasteiger partial charge in [-0.3, -0.25) is 9.89 Å². The third-order valence-electron chi connectivity index (χ3n) is 4.16. The summed E-state index contributed by atoms with van der Waals surface area (Å²) in [5.41, 5.74) is 3.10. The number of aromatic amines is 1. The molecule has 0 aliphatic carbocycles. The molecule has 0 saturated carbocycles. The maximum atomic E-state index is 10.8. The van der Waals surface area contributed by atoms with Gasteiger partial charge in [0.25, 0.3) is 0 Å². The lowest BCUT2D eigenvalue weighted by atomic mass is 10.1. The Morgan fingerprint density at radius 2 is 2.00 bits per heavy atom. The first-order valence-electron chi connectivity index (χ1n) is 8.03. The molecule has 7 nitrogen and oxygen atoms in total. The van der Waals surface area contributed by atoms with Crippen molar-refractivity contribution in [2.75, 3.05) is 12.4 Å². The van der Waals surface area contributed by atoms with Gasteiger partial charge in [0, 0.05) is 22.7 Å². The maximum absolute atomic E-state index is 10.8. The second-order valence-electron chi connectivity index (χ2n) is 5.88. The number of anilines is 2. The molecule has 4 aromatic rings. The van der Waals surface area contributed by atoms with E-state index in [0.29, 0.717) is 5.82 Å². The molecule has 0 saturated heterocycles. The van der Waals surface area contributed by atoms with Crippen LogP contribution < -0.4 is 10.1 Å². The molecule has 0 unspecified atom stereocenters. The molecular weight excluding hydrogens is 332 g/mol. The summed E-state index contributed by atoms with van der Waals surface area (Å²) in [6.07, 6.45) is 1.83. The normalized spacial score (nSPS) is 11.0. The van der Waals surface area contributed by atoms with Crippen LogP contribution >= 0.6 is 0 Å². The lowest BCUT2D eigenvalue weighted by Crippen LogP contribution is -2.00. The van der Waals surface area contributed by atoms with Gasteiger partial charge in [-0.2, -0.15) is 5.10 Å². The Labute approximate surface area is 148 Å². The first kappa shape index (κ1) is 15.9. The molecule has 0 amide bonds. The fourth-order valence-electron chi connectivity index (χ4n) is 2.91. The molecule has 2 heterocycles. The molecule has 0 spiro atoms. The van der Waals surface area contributed by atoms with Gasteiger partial charge in [-0.05, 0) is 35.9 Å². The molecule has 4 rings (SSSR count). The highest BCUT2D eigenvalue weighted by molar-refractivity contribution is 6.09. The Bertz CT molecular complexity index is 1100. The van der Waals surface area contributed by atoms with Crippen LogP contribution in [0.2, 0.25) is 0 Å². The number of ether oxygens (including phenoxy) is 1. The fourth-order valence-corrected chi connectivity index (χ4v) is 2.91. The van der Waals surface area contributed by atoms with Gasteiger partial charge in [0.15, 0.2) is 5.82 Å². The van der Waals surface area contributed by atoms with E-state index in [9.17, 15) is 4.79 Å². The summed E-state index contributed by atoms with van der Waals surface area (Å²) in [5.74, 6) is 0.539. The van der Waals surface area contributed by atoms with Crippen LogP contribution in [0, 0.1) is 0 Å². The van der Waals surface area contributed by atoms with E-state index in [1.807, 2.05) is 36.5 Å². The Balaban J connectivity index is 1.74. The van der Waals surface area contributed by atoms with Crippen molar-refractivity contribution in [3.05, 3.63) is 54.2 Å². The van der Waals surface area contributed by atoms with Crippen LogP contribution in [-0.2, 0) is 11.2 Å². The third kappa shape index (κ3) is 2.90. The molecular formula is C19H16N4O3. The van der Waals surface area contributed by atoms with E-state index in [1.165, 1.54) is 0 Å². The van der Waals surface area contributed by atoms with Crippen LogP contribution in [0.1, 0.15) is 5.56 Å². The predicted molar refractivity (Wildman–Crippen MR) is 99.0 cm³/mol. The summed E-state index contributed by atoms with van der Waals surface area (Å²) in [4.78, 5) is 15.5. The van der Waals surface area contributed by atoms with Gasteiger partial charge in [-0.25, -0.2) is 4.98 Å². The molecule has 26 heavy (non-hydrogen) atoms. The van der Waals surface area contributed by atoms with Crippen LogP contribution in [0.5, 0.6) is 5.75 Å². The van der Waals surface area contributed by atoms with E-state index in [4.69, 9.17) is 9.84 Å². The Hall–Kier alpha value is -3.61. The molecule has 2 aromatic heterocycles. The number of methoxy groups -OCH3 is 1. The first-order chi connectivity index (χ1) is 12.6. The topological polar surface area (TPSA) is 100 Å². The van der Waals surface area contributed by atoms with Crippen LogP contribution in [-0.4, -0.2) is 33.4 Å². The number of benzene rings is 2. The standard InChI is InChI=1S/C19H16N4O3/c1-26-13-6-7-16-14(9-13)15-10-20-23-18(15)19(22-16)21-12-4-2-11(3-5-12)8-17(24)25/h2-7,9-10H,8H2,1H3,(H,20,23)(H,21,22)(H,24,25). The van der Waals surface area contributed by atoms with Gasteiger partial charge in [-0.1, -0.05) is 12.1 Å². The quantitative estimate of drug-likeness (QED) is 0.510. The summed E-state index contributed by atoms with van der Waals surface area (Å²) in [6, 6.07) is 12.9. The van der Waals surface area contributed by atoms with Crippen molar-refractivity contribution in [2.24, 2.45) is 0 Å². The zero-order valence-corrected chi connectivity index (χ0v) is 14.0. The zero-order valence-electron chi connectivity index (χ0n) is 14.0. The van der Waals surface area contributed by atoms with E-state index < -0.39 is 5.97 Å². The molecule has 0 aliphatic heterocycles. The highest BCUT2D eigenvalue weighted by Crippen LogP contribution is 2.31. The number of carboxylic acids is 1. The zero-order chi connectivity index (χ0) is 18.1. The molecule has 0 radical (unpaired) electrons. The molecule has 0 fully saturated rings. The van der Waals surface area contributed by atoms with Crippen LogP contribution in [0.3, 0.4) is 0 Å². The van der Waals surface area contributed by atoms with Crippen molar-refractivity contribution >= 4 is 39.3 Å². The van der Waals surface area contributed by atoms with Crippen LogP contribution in [0.4, 0.5) is 11.5 Å². The Morgan fingerprint density at radius 1 is 1.19 bits per heavy atom. The average Bonchev–Trinajstić information content (AvgIpc) is 3.13. The smallest absolute Gasteiger partial charge is 0.307 e. The first-order valence-corrected chi connectivity index (χ1v) is 8.03. The summed E-state index contributed by atoms with van der Waals surface area (Å²) >= 11 is 0. The van der Waals surface area contributed by atoms with E-state index in [1.54, 1.807) is 19.2 Å². The van der Waals surface area contributed by atoms with E-state index in [2.05, 4.69) is 20.5 Å². The van der Waals surface area contributed by atoms with Crippen LogP contribution in [0.15, 0.2) is 48.7 Å². The monoisotopic (exact) mass is 348 g/mol. The fraction of sp³-hybridized carbons (Fsp3) is 0.105. The molecule has 2 aromatic carbocycles. The summed E-state index contributed by atoms with van der Waals surface area (Å²) in [6.45, 7) is 0. The molecule has 130 valence electrons. The number of aliphatic carboxylic acids is 1. The highest BCUT2D eigenvalue weighted by Gasteiger charge is 2.12. The largest absolute Gasteiger partial charge is 0.497 e. The Morgan fingerprint density at radius 3 is 2.73 bits per heavy atom. The lowest BCUT2D eigenvalue weighted by molar-refractivity contribution is -0.136. The molecule has 3 N–H and O–H groups in total. The summed E-state index contributed by atoms with van der Waals surface area (Å²) in [5, 5.41) is 21.2. The second kappa shape index (κ2) is 6.36. The number of nitrogens with one attached hydrogen (secondary N) is 2. The number of H-pyrrole nitrogens is 1. The Kier molecular flexibility index (Phi) is 3.89. The van der Waals surface area contributed by atoms with Gasteiger partial charge in [0.05, 0.1) is 19.0 Å². The number of hydrogen-bond donors (Lipinski definition) is 3. The highest BCUT2D eigenvalue weighted by atomic mass is 16.5. The van der Waals surface area contributed by atoms with Crippen molar-refractivity contribution < 1.29 is 14.6 Å². The molecule has 0 bridgehead atoms. The number of hydrogen-bond acceptors (Lipinski definition) is 5. The van der Waals surface area contributed by atoms with Crippen molar-refractivity contribution in [3.63, 3.8) is 0 Å². The van der Waals surface area contributed by atoms with Gasteiger partial charge in [0.2, 0.25) is 0 Å². The van der Waals surface area contributed by atoms with Gasteiger partial charge in [0.1, 0.15) is 11.3 Å². The minimum Gasteiger partial charge on any atom is -0.497 e. The molecule has 0 atom stereocenters. The SMILES string of the molecule is COc1ccc2nc(Nc3ccc(CC(=O)O)cc3)c3n[nH]cc3c2c1. The average molecular weight is 348 g/mol. The number of rotatable bonds is 5. The van der Waals surface area contributed by atoms with Crippen molar-refractivity contribution in [1.29, 1.82) is 0 Å². The third-order valence-corrected chi connectivity index (χ3v) is 4.16. The number of nitrogens with zero attached hydrogens (tertiary/aromatic N) is 2. The minimum atomic E-state index is -0.851. The van der Waals surface area contributed by atoms with Crippen molar-refractivity contribution in [1.82, 2.24) is 15.2 Å². The van der Waals surface area contributed by atoms with E-state index in [0.717, 1.165) is 38.8 Å². The minimum absolute atomic E-state index is 0.0000506. The summed E-state index contributed by atoms with van der Waals surface area (Å²) in [7, 11) is 1.63. The van der Waals surface area contributed by atoms with Gasteiger partial charge in [-0.15, -0.1) is 0 Å². The van der Waals surface area contributed by atoms with Crippen LogP contribution in [0.25, 0.3) is 21.8 Å². The van der Waals surface area contributed by atoms with E-state index >= 15 is 0 Å². The van der Waals surface area contributed by atoms with Crippen molar-refractivity contribution in [3.8, 4) is 5.75 Å². The predicted octanol–water partition coefficient (Wildman–Crippen LogP) is 3.49. The lowest BCUT2D eigenvalue weighted by Gasteiger charge is -2.10. The molecule has 0 aliphatic rings. The molecule has 7 heteroatoms. The number of carboxylic acid groups (broad SMARTS) is 1. The second-order valence-corrected chi connectivity index (χ2v) is 5.88. The van der Waals surface area contributed by atoms with Gasteiger partial charge < -0.3 is 15.2 Å². The van der Waals surface area contributed by atoms with Gasteiger partial charge >= 0.3 is 5.97 Å². The van der Waals surface area contributed by atoms with E-state index in [-0.39, 0.29) is 6.42 Å².